The smallest absolute Gasteiger partial charge is 0.265 e. The molecule has 4 heterocycles. The van der Waals surface area contributed by atoms with Crippen LogP contribution in [0.25, 0.3) is 0 Å². The zero-order valence-electron chi connectivity index (χ0n) is 27.1. The molecule has 7 rings (SSSR count). The summed E-state index contributed by atoms with van der Waals surface area (Å²) in [5.41, 5.74) is 2.44. The van der Waals surface area contributed by atoms with Crippen molar-refractivity contribution in [1.29, 1.82) is 0 Å². The Kier molecular flexibility index (Phi) is 8.76. The number of thiazole rings is 1. The third kappa shape index (κ3) is 5.76. The van der Waals surface area contributed by atoms with Crippen molar-refractivity contribution < 1.29 is 28.7 Å². The molecule has 3 aliphatic heterocycles. The highest BCUT2D eigenvalue weighted by molar-refractivity contribution is 7.13. The Hall–Kier alpha value is -4.58. The first kappa shape index (κ1) is 32.0. The lowest BCUT2D eigenvalue weighted by Crippen LogP contribution is -2.51. The van der Waals surface area contributed by atoms with Crippen molar-refractivity contribution in [3.8, 4) is 5.75 Å². The number of carbonyl (C=O) groups is 5. The van der Waals surface area contributed by atoms with Gasteiger partial charge in [-0.15, -0.1) is 11.3 Å². The summed E-state index contributed by atoms with van der Waals surface area (Å²) in [4.78, 5) is 77.5. The molecule has 1 N–H and O–H groups in total. The number of fused-ring (bicyclic) bond motifs is 2. The fraction of sp³-hybridized carbons (Fsp3) is 0.444. The molecule has 11 nitrogen and oxygen atoms in total. The van der Waals surface area contributed by atoms with Crippen molar-refractivity contribution >= 4 is 40.9 Å². The fourth-order valence-electron chi connectivity index (χ4n) is 7.82. The second-order valence-corrected chi connectivity index (χ2v) is 14.3. The average molecular weight is 670 g/mol. The van der Waals surface area contributed by atoms with Crippen molar-refractivity contribution in [3.05, 3.63) is 80.8 Å². The molecule has 0 bridgehead atoms. The molecule has 1 saturated carbocycles. The molecule has 0 unspecified atom stereocenters. The first-order valence-corrected chi connectivity index (χ1v) is 17.5. The van der Waals surface area contributed by atoms with Crippen molar-refractivity contribution in [1.82, 2.24) is 25.0 Å². The van der Waals surface area contributed by atoms with E-state index in [1.807, 2.05) is 25.1 Å². The first-order valence-electron chi connectivity index (χ1n) is 16.7. The first-order chi connectivity index (χ1) is 23.2. The van der Waals surface area contributed by atoms with Crippen LogP contribution in [0.2, 0.25) is 0 Å². The van der Waals surface area contributed by atoms with Crippen LogP contribution in [0.5, 0.6) is 5.75 Å². The highest BCUT2D eigenvalue weighted by atomic mass is 32.1. The van der Waals surface area contributed by atoms with Gasteiger partial charge in [-0.05, 0) is 49.9 Å². The zero-order valence-corrected chi connectivity index (χ0v) is 28.0. The van der Waals surface area contributed by atoms with Crippen LogP contribution in [0.4, 0.5) is 0 Å². The molecule has 5 amide bonds. The molecule has 2 fully saturated rings. The van der Waals surface area contributed by atoms with Crippen LogP contribution in [0.15, 0.2) is 48.7 Å². The van der Waals surface area contributed by atoms with Crippen molar-refractivity contribution in [2.45, 2.75) is 57.6 Å². The number of likely N-dealkylation sites (tertiary alicyclic amines) is 1. The quantitative estimate of drug-likeness (QED) is 0.377. The molecule has 0 radical (unpaired) electrons. The number of rotatable bonds is 7. The predicted octanol–water partition coefficient (Wildman–Crippen LogP) is 4.02. The van der Waals surface area contributed by atoms with E-state index < -0.39 is 29.7 Å². The van der Waals surface area contributed by atoms with Crippen LogP contribution in [0, 0.1) is 18.8 Å². The van der Waals surface area contributed by atoms with E-state index in [2.05, 4.69) is 10.3 Å². The molecule has 250 valence electrons. The normalized spacial score (nSPS) is 23.6. The number of aryl methyl sites for hydroxylation is 1. The standard InChI is InChI=1S/C36H39N5O6S/c1-21-38-18-30(48-21)36(46)39-16-15-23(19-39)47-29-13-7-8-22-14-17-40(33(43)25-10-4-3-9-24(25)32(42)37-2)28(31(22)29)20-41-34(44)26-11-5-6-12-27(26)35(41)45/h5-8,11-13,18,23-25,28H,3-4,9-10,14-17,19-20H2,1-2H3,(H,37,42)/t23-,24-,25+,28+/m0/s1. The SMILES string of the molecule is CNC(=O)[C@H]1CCCC[C@H]1C(=O)N1CCc2cccc(O[C@H]3CCN(C(=O)c4cnc(C)s4)C3)c2[C@H]1CN1C(=O)c2ccccc2C1=O. The van der Waals surface area contributed by atoms with Gasteiger partial charge in [0.25, 0.3) is 17.7 Å². The maximum Gasteiger partial charge on any atom is 0.265 e. The van der Waals surface area contributed by atoms with Gasteiger partial charge in [0.2, 0.25) is 11.8 Å². The number of ether oxygens (including phenoxy) is 1. The summed E-state index contributed by atoms with van der Waals surface area (Å²) in [5.74, 6) is -1.49. The van der Waals surface area contributed by atoms with Crippen LogP contribution in [-0.4, -0.2) is 88.6 Å². The molecule has 1 aromatic heterocycles. The Bertz CT molecular complexity index is 1750. The Labute approximate surface area is 283 Å². The topological polar surface area (TPSA) is 129 Å². The molecule has 48 heavy (non-hydrogen) atoms. The number of aromatic nitrogens is 1. The number of hydrogen-bond acceptors (Lipinski definition) is 8. The van der Waals surface area contributed by atoms with E-state index in [9.17, 15) is 24.0 Å². The molecular formula is C36H39N5O6S. The van der Waals surface area contributed by atoms with Gasteiger partial charge in [0.1, 0.15) is 16.7 Å². The Morgan fingerprint density at radius 2 is 1.69 bits per heavy atom. The van der Waals surface area contributed by atoms with Gasteiger partial charge in [0.05, 0.1) is 41.5 Å². The number of nitrogens with zero attached hydrogens (tertiary/aromatic N) is 4. The van der Waals surface area contributed by atoms with Crippen LogP contribution in [0.3, 0.4) is 0 Å². The number of benzene rings is 2. The number of imide groups is 1. The Morgan fingerprint density at radius 1 is 0.958 bits per heavy atom. The number of nitrogens with one attached hydrogen (secondary N) is 1. The lowest BCUT2D eigenvalue weighted by atomic mass is 9.77. The average Bonchev–Trinajstić information content (AvgIpc) is 3.83. The molecule has 4 aliphatic rings. The molecule has 12 heteroatoms. The summed E-state index contributed by atoms with van der Waals surface area (Å²) < 4.78 is 6.66. The van der Waals surface area contributed by atoms with E-state index >= 15 is 0 Å². The minimum absolute atomic E-state index is 0.0389. The van der Waals surface area contributed by atoms with Gasteiger partial charge >= 0.3 is 0 Å². The molecule has 4 atom stereocenters. The van der Waals surface area contributed by atoms with Crippen LogP contribution >= 0.6 is 11.3 Å². The highest BCUT2D eigenvalue weighted by Gasteiger charge is 2.45. The predicted molar refractivity (Wildman–Crippen MR) is 178 cm³/mol. The minimum atomic E-state index is -0.675. The van der Waals surface area contributed by atoms with E-state index in [0.29, 0.717) is 67.1 Å². The number of hydrogen-bond donors (Lipinski definition) is 1. The van der Waals surface area contributed by atoms with Crippen LogP contribution in [0.1, 0.15) is 84.7 Å². The molecule has 1 saturated heterocycles. The van der Waals surface area contributed by atoms with Gasteiger partial charge in [-0.1, -0.05) is 37.1 Å². The monoisotopic (exact) mass is 669 g/mol. The van der Waals surface area contributed by atoms with Gasteiger partial charge in [0.15, 0.2) is 0 Å². The van der Waals surface area contributed by atoms with Crippen molar-refractivity contribution in [3.63, 3.8) is 0 Å². The van der Waals surface area contributed by atoms with Crippen LogP contribution < -0.4 is 10.1 Å². The summed E-state index contributed by atoms with van der Waals surface area (Å²) in [6.07, 6.45) is 5.49. The third-order valence-corrected chi connectivity index (χ3v) is 11.1. The fourth-order valence-corrected chi connectivity index (χ4v) is 8.56. The molecule has 2 aromatic carbocycles. The van der Waals surface area contributed by atoms with E-state index in [1.54, 1.807) is 47.3 Å². The minimum Gasteiger partial charge on any atom is -0.488 e. The summed E-state index contributed by atoms with van der Waals surface area (Å²) in [5, 5.41) is 3.58. The molecular weight excluding hydrogens is 630 g/mol. The lowest BCUT2D eigenvalue weighted by molar-refractivity contribution is -0.146. The second-order valence-electron chi connectivity index (χ2n) is 13.0. The maximum atomic E-state index is 14.5. The van der Waals surface area contributed by atoms with Gasteiger partial charge in [-0.2, -0.15) is 0 Å². The summed E-state index contributed by atoms with van der Waals surface area (Å²) in [7, 11) is 1.60. The van der Waals surface area contributed by atoms with Crippen molar-refractivity contribution in [2.75, 3.05) is 33.2 Å². The van der Waals surface area contributed by atoms with E-state index in [-0.39, 0.29) is 30.4 Å². The number of amides is 5. The molecule has 0 spiro atoms. The maximum absolute atomic E-state index is 14.5. The highest BCUT2D eigenvalue weighted by Crippen LogP contribution is 2.42. The summed E-state index contributed by atoms with van der Waals surface area (Å²) in [6.45, 7) is 3.17. The zero-order chi connectivity index (χ0) is 33.5. The van der Waals surface area contributed by atoms with Crippen molar-refractivity contribution in [2.24, 2.45) is 11.8 Å². The Balaban J connectivity index is 1.21. The van der Waals surface area contributed by atoms with E-state index in [0.717, 1.165) is 29.0 Å². The Morgan fingerprint density at radius 3 is 2.38 bits per heavy atom. The largest absolute Gasteiger partial charge is 0.488 e. The number of carbonyl (C=O) groups excluding carboxylic acids is 5. The lowest BCUT2D eigenvalue weighted by Gasteiger charge is -2.43. The third-order valence-electron chi connectivity index (χ3n) is 10.2. The van der Waals surface area contributed by atoms with Gasteiger partial charge in [-0.25, -0.2) is 4.98 Å². The van der Waals surface area contributed by atoms with Gasteiger partial charge in [-0.3, -0.25) is 28.9 Å². The summed E-state index contributed by atoms with van der Waals surface area (Å²) >= 11 is 1.37. The second kappa shape index (κ2) is 13.1. The molecule has 1 aliphatic carbocycles. The van der Waals surface area contributed by atoms with E-state index in [1.165, 1.54) is 16.2 Å². The van der Waals surface area contributed by atoms with E-state index in [4.69, 9.17) is 4.74 Å². The van der Waals surface area contributed by atoms with Gasteiger partial charge < -0.3 is 19.9 Å². The van der Waals surface area contributed by atoms with Crippen LogP contribution in [-0.2, 0) is 16.0 Å². The molecule has 3 aromatic rings. The van der Waals surface area contributed by atoms with Gasteiger partial charge in [0, 0.05) is 44.0 Å². The summed E-state index contributed by atoms with van der Waals surface area (Å²) in [6, 6.07) is 11.9.